The first kappa shape index (κ1) is 23.4. The molecule has 0 atom stereocenters. The standard InChI is InChI=1S/C30H34O2/c1-7-11-21-19-23(15-17-27(21)31)29(3,4)25-13-9-10-14-26(25)30(5,6)24-16-18-28(32)22(20-24)12-8-2/h7-10,13-20,31-32H,1-2,11-12H2,3-6H3. The van der Waals surface area contributed by atoms with Gasteiger partial charge in [-0.1, -0.05) is 88.4 Å². The summed E-state index contributed by atoms with van der Waals surface area (Å²) in [7, 11) is 0. The highest BCUT2D eigenvalue weighted by Gasteiger charge is 2.33. The molecule has 0 spiro atoms. The lowest BCUT2D eigenvalue weighted by Crippen LogP contribution is -2.28. The highest BCUT2D eigenvalue weighted by atomic mass is 16.3. The Hall–Kier alpha value is -3.26. The van der Waals surface area contributed by atoms with E-state index in [1.807, 2.05) is 24.3 Å². The molecule has 0 aliphatic carbocycles. The van der Waals surface area contributed by atoms with Gasteiger partial charge in [-0.2, -0.15) is 0 Å². The summed E-state index contributed by atoms with van der Waals surface area (Å²) in [6, 6.07) is 20.3. The first-order valence-electron chi connectivity index (χ1n) is 11.1. The monoisotopic (exact) mass is 426 g/mol. The Balaban J connectivity index is 2.14. The molecule has 3 rings (SSSR count). The van der Waals surface area contributed by atoms with Gasteiger partial charge in [0.2, 0.25) is 0 Å². The largest absolute Gasteiger partial charge is 0.508 e. The van der Waals surface area contributed by atoms with E-state index in [2.05, 4.69) is 77.3 Å². The Labute approximate surface area is 192 Å². The van der Waals surface area contributed by atoms with Crippen LogP contribution in [0.4, 0.5) is 0 Å². The van der Waals surface area contributed by atoms with Crippen LogP contribution < -0.4 is 0 Å². The lowest BCUT2D eigenvalue weighted by atomic mass is 9.68. The van der Waals surface area contributed by atoms with Gasteiger partial charge >= 0.3 is 0 Å². The van der Waals surface area contributed by atoms with Crippen LogP contribution in [0.5, 0.6) is 11.5 Å². The Morgan fingerprint density at radius 2 is 1.03 bits per heavy atom. The maximum absolute atomic E-state index is 10.3. The number of rotatable bonds is 8. The average molecular weight is 427 g/mol. The number of aromatic hydroxyl groups is 2. The third-order valence-corrected chi connectivity index (χ3v) is 6.60. The first-order chi connectivity index (χ1) is 15.1. The van der Waals surface area contributed by atoms with Gasteiger partial charge in [-0.3, -0.25) is 0 Å². The normalized spacial score (nSPS) is 11.9. The van der Waals surface area contributed by atoms with Gasteiger partial charge in [-0.15, -0.1) is 13.2 Å². The maximum atomic E-state index is 10.3. The van der Waals surface area contributed by atoms with Gasteiger partial charge < -0.3 is 10.2 Å². The summed E-state index contributed by atoms with van der Waals surface area (Å²) in [6.45, 7) is 16.5. The van der Waals surface area contributed by atoms with E-state index in [0.717, 1.165) is 22.3 Å². The smallest absolute Gasteiger partial charge is 0.119 e. The lowest BCUT2D eigenvalue weighted by molar-refractivity contribution is 0.467. The number of hydrogen-bond donors (Lipinski definition) is 2. The van der Waals surface area contributed by atoms with Crippen molar-refractivity contribution in [2.24, 2.45) is 0 Å². The Morgan fingerprint density at radius 3 is 1.38 bits per heavy atom. The number of allylic oxidation sites excluding steroid dienone is 2. The Kier molecular flexibility index (Phi) is 6.64. The maximum Gasteiger partial charge on any atom is 0.119 e. The fourth-order valence-electron chi connectivity index (χ4n) is 4.47. The van der Waals surface area contributed by atoms with Crippen molar-refractivity contribution in [1.29, 1.82) is 0 Å². The molecule has 0 unspecified atom stereocenters. The van der Waals surface area contributed by atoms with E-state index in [0.29, 0.717) is 24.3 Å². The molecule has 0 fully saturated rings. The second-order valence-corrected chi connectivity index (χ2v) is 9.47. The van der Waals surface area contributed by atoms with E-state index in [-0.39, 0.29) is 10.8 Å². The van der Waals surface area contributed by atoms with Gasteiger partial charge in [0.15, 0.2) is 0 Å². The molecule has 0 radical (unpaired) electrons. The molecule has 0 amide bonds. The zero-order valence-corrected chi connectivity index (χ0v) is 19.7. The summed E-state index contributed by atoms with van der Waals surface area (Å²) in [4.78, 5) is 0. The van der Waals surface area contributed by atoms with Crippen molar-refractivity contribution in [3.63, 3.8) is 0 Å². The molecule has 2 heteroatoms. The summed E-state index contributed by atoms with van der Waals surface area (Å²) in [5.74, 6) is 0.605. The molecule has 0 bridgehead atoms. The molecule has 0 aliphatic heterocycles. The predicted octanol–water partition coefficient (Wildman–Crippen LogP) is 7.21. The Bertz CT molecular complexity index is 1040. The van der Waals surface area contributed by atoms with Crippen molar-refractivity contribution in [1.82, 2.24) is 0 Å². The van der Waals surface area contributed by atoms with E-state index in [4.69, 9.17) is 0 Å². The van der Waals surface area contributed by atoms with E-state index < -0.39 is 0 Å². The quantitative estimate of drug-likeness (QED) is 0.374. The summed E-state index contributed by atoms with van der Waals surface area (Å²) < 4.78 is 0. The highest BCUT2D eigenvalue weighted by Crippen LogP contribution is 2.42. The minimum absolute atomic E-state index is 0.279. The topological polar surface area (TPSA) is 40.5 Å². The van der Waals surface area contributed by atoms with E-state index in [1.165, 1.54) is 11.1 Å². The summed E-state index contributed by atoms with van der Waals surface area (Å²) in [5.41, 5.74) is 5.97. The summed E-state index contributed by atoms with van der Waals surface area (Å²) in [5, 5.41) is 20.5. The van der Waals surface area contributed by atoms with E-state index in [9.17, 15) is 10.2 Å². The van der Waals surface area contributed by atoms with Gasteiger partial charge in [0.25, 0.3) is 0 Å². The molecule has 2 nitrogen and oxygen atoms in total. The SMILES string of the molecule is C=CCc1cc(C(C)(C)c2ccccc2C(C)(C)c2ccc(O)c(CC=C)c2)ccc1O. The fourth-order valence-corrected chi connectivity index (χ4v) is 4.47. The molecule has 32 heavy (non-hydrogen) atoms. The third-order valence-electron chi connectivity index (χ3n) is 6.60. The van der Waals surface area contributed by atoms with Crippen LogP contribution in [-0.2, 0) is 23.7 Å². The molecule has 2 N–H and O–H groups in total. The van der Waals surface area contributed by atoms with Gasteiger partial charge in [-0.25, -0.2) is 0 Å². The van der Waals surface area contributed by atoms with Crippen LogP contribution in [0.25, 0.3) is 0 Å². The van der Waals surface area contributed by atoms with E-state index >= 15 is 0 Å². The molecular weight excluding hydrogens is 392 g/mol. The van der Waals surface area contributed by atoms with Crippen molar-refractivity contribution in [2.45, 2.75) is 51.4 Å². The van der Waals surface area contributed by atoms with Crippen molar-refractivity contribution in [3.8, 4) is 11.5 Å². The molecule has 0 aliphatic rings. The summed E-state index contributed by atoms with van der Waals surface area (Å²) in [6.07, 6.45) is 4.88. The van der Waals surface area contributed by atoms with Gasteiger partial charge in [0.05, 0.1) is 0 Å². The van der Waals surface area contributed by atoms with Gasteiger partial charge in [0, 0.05) is 10.8 Å². The zero-order valence-electron chi connectivity index (χ0n) is 19.7. The molecule has 0 heterocycles. The van der Waals surface area contributed by atoms with Gasteiger partial charge in [-0.05, 0) is 58.4 Å². The number of phenolic OH excluding ortho intramolecular Hbond substituents is 2. The zero-order chi connectivity index (χ0) is 23.5. The molecule has 0 saturated heterocycles. The fraction of sp³-hybridized carbons (Fsp3) is 0.267. The first-order valence-corrected chi connectivity index (χ1v) is 11.1. The molecule has 0 saturated carbocycles. The van der Waals surface area contributed by atoms with Crippen molar-refractivity contribution >= 4 is 0 Å². The molecule has 3 aromatic rings. The van der Waals surface area contributed by atoms with Crippen LogP contribution in [0.15, 0.2) is 86.0 Å². The van der Waals surface area contributed by atoms with Crippen LogP contribution in [0, 0.1) is 0 Å². The van der Waals surface area contributed by atoms with Crippen LogP contribution >= 0.6 is 0 Å². The molecule has 166 valence electrons. The number of phenols is 2. The van der Waals surface area contributed by atoms with Gasteiger partial charge in [0.1, 0.15) is 11.5 Å². The molecule has 3 aromatic carbocycles. The number of benzene rings is 3. The second kappa shape index (κ2) is 9.08. The van der Waals surface area contributed by atoms with Crippen LogP contribution in [0.2, 0.25) is 0 Å². The van der Waals surface area contributed by atoms with Crippen LogP contribution in [0.3, 0.4) is 0 Å². The number of hydrogen-bond acceptors (Lipinski definition) is 2. The Morgan fingerprint density at radius 1 is 0.656 bits per heavy atom. The highest BCUT2D eigenvalue weighted by molar-refractivity contribution is 5.52. The second-order valence-electron chi connectivity index (χ2n) is 9.47. The third kappa shape index (κ3) is 4.36. The minimum atomic E-state index is -0.279. The van der Waals surface area contributed by atoms with Crippen LogP contribution in [0.1, 0.15) is 61.1 Å². The van der Waals surface area contributed by atoms with Crippen molar-refractivity contribution < 1.29 is 10.2 Å². The van der Waals surface area contributed by atoms with Crippen molar-refractivity contribution in [2.75, 3.05) is 0 Å². The summed E-state index contributed by atoms with van der Waals surface area (Å²) >= 11 is 0. The molecule has 0 aromatic heterocycles. The predicted molar refractivity (Wildman–Crippen MR) is 135 cm³/mol. The van der Waals surface area contributed by atoms with E-state index in [1.54, 1.807) is 12.1 Å². The average Bonchev–Trinajstić information content (AvgIpc) is 2.77. The van der Waals surface area contributed by atoms with Crippen molar-refractivity contribution in [3.05, 3.63) is 119 Å². The van der Waals surface area contributed by atoms with Crippen LogP contribution in [-0.4, -0.2) is 10.2 Å². The minimum Gasteiger partial charge on any atom is -0.508 e. The lowest BCUT2D eigenvalue weighted by Gasteiger charge is -2.36. The molecular formula is C30H34O2.